The second-order valence-electron chi connectivity index (χ2n) is 3.06. The maximum atomic E-state index is 10.7. The van der Waals surface area contributed by atoms with Crippen LogP contribution in [0.1, 0.15) is 27.0 Å². The predicted octanol–water partition coefficient (Wildman–Crippen LogP) is 1.93. The van der Waals surface area contributed by atoms with Crippen LogP contribution in [0.4, 0.5) is 0 Å². The van der Waals surface area contributed by atoms with Crippen molar-refractivity contribution in [3.8, 4) is 0 Å². The van der Waals surface area contributed by atoms with E-state index in [-0.39, 0.29) is 25.8 Å². The van der Waals surface area contributed by atoms with Gasteiger partial charge in [0.1, 0.15) is 0 Å². The SMILES string of the molecule is Cc1cc(C)c(C)c(C(=O)O)c1.[In]. The topological polar surface area (TPSA) is 37.3 Å². The number of aryl methyl sites for hydroxylation is 2. The van der Waals surface area contributed by atoms with Gasteiger partial charge < -0.3 is 5.11 Å². The van der Waals surface area contributed by atoms with E-state index in [1.54, 1.807) is 6.07 Å². The van der Waals surface area contributed by atoms with E-state index >= 15 is 0 Å². The molecule has 1 rings (SSSR count). The first kappa shape index (κ1) is 12.6. The fourth-order valence-electron chi connectivity index (χ4n) is 1.26. The minimum atomic E-state index is -0.848. The molecule has 3 radical (unpaired) electrons. The fraction of sp³-hybridized carbons (Fsp3) is 0.300. The first-order valence-electron chi connectivity index (χ1n) is 3.83. The van der Waals surface area contributed by atoms with Crippen molar-refractivity contribution in [1.82, 2.24) is 0 Å². The molecule has 1 aromatic rings. The van der Waals surface area contributed by atoms with E-state index in [9.17, 15) is 4.79 Å². The molecule has 13 heavy (non-hydrogen) atoms. The van der Waals surface area contributed by atoms with Gasteiger partial charge in [0.2, 0.25) is 0 Å². The van der Waals surface area contributed by atoms with Crippen molar-refractivity contribution in [3.05, 3.63) is 34.4 Å². The van der Waals surface area contributed by atoms with Gasteiger partial charge in [-0.25, -0.2) is 4.79 Å². The van der Waals surface area contributed by atoms with Crippen molar-refractivity contribution in [1.29, 1.82) is 0 Å². The third-order valence-electron chi connectivity index (χ3n) is 2.04. The minimum absolute atomic E-state index is 0. The third kappa shape index (κ3) is 2.76. The second kappa shape index (κ2) is 4.70. The molecule has 3 heteroatoms. The Hall–Kier alpha value is -0.440. The van der Waals surface area contributed by atoms with Crippen molar-refractivity contribution in [3.63, 3.8) is 0 Å². The predicted molar refractivity (Wildman–Crippen MR) is 53.4 cm³/mol. The summed E-state index contributed by atoms with van der Waals surface area (Å²) >= 11 is 0. The smallest absolute Gasteiger partial charge is 0.335 e. The van der Waals surface area contributed by atoms with Crippen LogP contribution in [0.3, 0.4) is 0 Å². The van der Waals surface area contributed by atoms with Crippen LogP contribution in [0, 0.1) is 20.8 Å². The first-order valence-corrected chi connectivity index (χ1v) is 3.83. The second-order valence-corrected chi connectivity index (χ2v) is 3.06. The van der Waals surface area contributed by atoms with Crippen LogP contribution in [-0.4, -0.2) is 36.9 Å². The molecule has 0 bridgehead atoms. The summed E-state index contributed by atoms with van der Waals surface area (Å²) in [5.74, 6) is -0.848. The maximum absolute atomic E-state index is 10.7. The van der Waals surface area contributed by atoms with Crippen molar-refractivity contribution in [2.45, 2.75) is 20.8 Å². The maximum Gasteiger partial charge on any atom is 0.335 e. The Balaban J connectivity index is 0.00000144. The number of hydrogen-bond acceptors (Lipinski definition) is 1. The molecule has 0 aliphatic heterocycles. The average Bonchev–Trinajstić information content (AvgIpc) is 1.96. The quantitative estimate of drug-likeness (QED) is 0.852. The number of carbonyl (C=O) groups is 1. The van der Waals surface area contributed by atoms with Crippen LogP contribution < -0.4 is 0 Å². The van der Waals surface area contributed by atoms with Crippen LogP contribution in [-0.2, 0) is 0 Å². The average molecular weight is 279 g/mol. The van der Waals surface area contributed by atoms with Crippen LogP contribution in [0.15, 0.2) is 12.1 Å². The normalized spacial score (nSPS) is 9.15. The Morgan fingerprint density at radius 2 is 1.77 bits per heavy atom. The van der Waals surface area contributed by atoms with Crippen LogP contribution in [0.2, 0.25) is 0 Å². The number of benzene rings is 1. The Kier molecular flexibility index (Phi) is 4.54. The van der Waals surface area contributed by atoms with Crippen LogP contribution in [0.25, 0.3) is 0 Å². The van der Waals surface area contributed by atoms with Crippen molar-refractivity contribution in [2.75, 3.05) is 0 Å². The molecule has 0 atom stereocenters. The molecule has 1 aromatic carbocycles. The van der Waals surface area contributed by atoms with E-state index in [2.05, 4.69) is 0 Å². The molecule has 1 N–H and O–H groups in total. The van der Waals surface area contributed by atoms with E-state index in [4.69, 9.17) is 5.11 Å². The van der Waals surface area contributed by atoms with Gasteiger partial charge in [-0.2, -0.15) is 0 Å². The Morgan fingerprint density at radius 1 is 1.23 bits per heavy atom. The van der Waals surface area contributed by atoms with Crippen LogP contribution in [0.5, 0.6) is 0 Å². The summed E-state index contributed by atoms with van der Waals surface area (Å²) in [6, 6.07) is 3.69. The van der Waals surface area contributed by atoms with Gasteiger partial charge in [0.25, 0.3) is 0 Å². The van der Waals surface area contributed by atoms with E-state index in [1.807, 2.05) is 26.8 Å². The monoisotopic (exact) mass is 279 g/mol. The molecule has 2 nitrogen and oxygen atoms in total. The Bertz CT molecular complexity index is 332. The molecule has 67 valence electrons. The van der Waals surface area contributed by atoms with Crippen molar-refractivity contribution < 1.29 is 9.90 Å². The van der Waals surface area contributed by atoms with Gasteiger partial charge in [0.05, 0.1) is 5.56 Å². The van der Waals surface area contributed by atoms with Gasteiger partial charge in [0, 0.05) is 25.8 Å². The number of hydrogen-bond donors (Lipinski definition) is 1. The minimum Gasteiger partial charge on any atom is -0.478 e. The van der Waals surface area contributed by atoms with E-state index < -0.39 is 5.97 Å². The van der Waals surface area contributed by atoms with Crippen molar-refractivity contribution >= 4 is 31.8 Å². The summed E-state index contributed by atoms with van der Waals surface area (Å²) in [7, 11) is 0. The van der Waals surface area contributed by atoms with E-state index in [0.29, 0.717) is 5.56 Å². The van der Waals surface area contributed by atoms with Crippen molar-refractivity contribution in [2.24, 2.45) is 0 Å². The molecule has 0 unspecified atom stereocenters. The molecule has 0 fully saturated rings. The van der Waals surface area contributed by atoms with Gasteiger partial charge >= 0.3 is 5.97 Å². The molecule has 0 amide bonds. The van der Waals surface area contributed by atoms with E-state index in [0.717, 1.165) is 16.7 Å². The fourth-order valence-corrected chi connectivity index (χ4v) is 1.26. The Labute approximate surface area is 96.8 Å². The third-order valence-corrected chi connectivity index (χ3v) is 2.04. The first-order chi connectivity index (χ1) is 5.52. The molecular weight excluding hydrogens is 267 g/mol. The number of rotatable bonds is 1. The molecule has 0 heterocycles. The molecular formula is C10H12InO2. The van der Waals surface area contributed by atoms with Gasteiger partial charge in [-0.3, -0.25) is 0 Å². The van der Waals surface area contributed by atoms with Gasteiger partial charge in [0.15, 0.2) is 0 Å². The summed E-state index contributed by atoms with van der Waals surface area (Å²) in [5, 5.41) is 8.81. The number of carboxylic acids is 1. The summed E-state index contributed by atoms with van der Waals surface area (Å²) in [5.41, 5.74) is 3.29. The van der Waals surface area contributed by atoms with Crippen LogP contribution >= 0.6 is 0 Å². The zero-order chi connectivity index (χ0) is 9.30. The summed E-state index contributed by atoms with van der Waals surface area (Å²) < 4.78 is 0. The molecule has 0 aromatic heterocycles. The zero-order valence-electron chi connectivity index (χ0n) is 8.09. The molecule has 0 aliphatic carbocycles. The number of aromatic carboxylic acids is 1. The zero-order valence-corrected chi connectivity index (χ0v) is 11.4. The van der Waals surface area contributed by atoms with Gasteiger partial charge in [-0.05, 0) is 43.5 Å². The van der Waals surface area contributed by atoms with Gasteiger partial charge in [-0.1, -0.05) is 6.07 Å². The summed E-state index contributed by atoms with van der Waals surface area (Å²) in [4.78, 5) is 10.7. The number of carboxylic acid groups (broad SMARTS) is 1. The Morgan fingerprint density at radius 3 is 2.23 bits per heavy atom. The largest absolute Gasteiger partial charge is 0.478 e. The molecule has 0 saturated carbocycles. The van der Waals surface area contributed by atoms with E-state index in [1.165, 1.54) is 0 Å². The molecule has 0 spiro atoms. The molecule has 0 aliphatic rings. The van der Waals surface area contributed by atoms with Gasteiger partial charge in [-0.15, -0.1) is 0 Å². The summed E-state index contributed by atoms with van der Waals surface area (Å²) in [6.07, 6.45) is 0. The summed E-state index contributed by atoms with van der Waals surface area (Å²) in [6.45, 7) is 5.66. The molecule has 0 saturated heterocycles. The standard InChI is InChI=1S/C10H12O2.In/c1-6-4-7(2)8(3)9(5-6)10(11)12;/h4-5H,1-3H3,(H,11,12);.